The molecule has 1 heterocycles. The molecule has 25 heavy (non-hydrogen) atoms. The van der Waals surface area contributed by atoms with Crippen LogP contribution in [0, 0.1) is 16.0 Å². The van der Waals surface area contributed by atoms with Crippen molar-refractivity contribution in [2.45, 2.75) is 38.0 Å². The van der Waals surface area contributed by atoms with Crippen LogP contribution in [-0.2, 0) is 4.74 Å². The number of benzene rings is 1. The van der Waals surface area contributed by atoms with Gasteiger partial charge in [0.25, 0.3) is 0 Å². The molecule has 3 rings (SSSR count). The Hall–Kier alpha value is -2.63. The summed E-state index contributed by atoms with van der Waals surface area (Å²) in [7, 11) is 0. The summed E-state index contributed by atoms with van der Waals surface area (Å²) in [6, 6.07) is 12.5. The Labute approximate surface area is 145 Å². The fraction of sp³-hybridized carbons (Fsp3) is 0.421. The number of rotatable bonds is 6. The molecule has 0 radical (unpaired) electrons. The number of esters is 1. The van der Waals surface area contributed by atoms with Gasteiger partial charge in [-0.15, -0.1) is 0 Å². The zero-order chi connectivity index (χ0) is 17.6. The van der Waals surface area contributed by atoms with Gasteiger partial charge in [0.1, 0.15) is 4.92 Å². The lowest BCUT2D eigenvalue weighted by molar-refractivity contribution is -0.402. The van der Waals surface area contributed by atoms with E-state index >= 15 is 0 Å². The van der Waals surface area contributed by atoms with Crippen molar-refractivity contribution in [2.24, 2.45) is 5.92 Å². The number of nitro groups is 1. The summed E-state index contributed by atoms with van der Waals surface area (Å²) >= 11 is 0. The van der Waals surface area contributed by atoms with E-state index in [1.54, 1.807) is 0 Å². The zero-order valence-electron chi connectivity index (χ0n) is 13.9. The third-order valence-electron chi connectivity index (χ3n) is 4.81. The van der Waals surface area contributed by atoms with Gasteiger partial charge >= 0.3 is 11.9 Å². The molecule has 1 aromatic heterocycles. The van der Waals surface area contributed by atoms with Crippen LogP contribution in [0.4, 0.5) is 5.88 Å². The van der Waals surface area contributed by atoms with Crippen molar-refractivity contribution >= 4 is 11.9 Å². The van der Waals surface area contributed by atoms with Gasteiger partial charge in [0.2, 0.25) is 5.76 Å². The lowest BCUT2D eigenvalue weighted by Gasteiger charge is -2.30. The van der Waals surface area contributed by atoms with Crippen LogP contribution in [0.15, 0.2) is 46.9 Å². The molecule has 0 N–H and O–H groups in total. The molecule has 6 nitrogen and oxygen atoms in total. The highest BCUT2D eigenvalue weighted by molar-refractivity contribution is 5.86. The maximum Gasteiger partial charge on any atom is 0.433 e. The maximum absolute atomic E-state index is 12.2. The Kier molecular flexibility index (Phi) is 5.48. The number of hydrogen-bond acceptors (Lipinski definition) is 5. The molecule has 1 atom stereocenters. The highest BCUT2D eigenvalue weighted by Crippen LogP contribution is 2.36. The monoisotopic (exact) mass is 343 g/mol. The van der Waals surface area contributed by atoms with Crippen molar-refractivity contribution in [3.8, 4) is 0 Å². The van der Waals surface area contributed by atoms with E-state index in [0.717, 1.165) is 24.5 Å². The van der Waals surface area contributed by atoms with E-state index in [-0.39, 0.29) is 18.3 Å². The highest BCUT2D eigenvalue weighted by atomic mass is 16.7. The molecule has 1 aliphatic carbocycles. The number of carbonyl (C=O) groups is 1. The van der Waals surface area contributed by atoms with Crippen LogP contribution >= 0.6 is 0 Å². The van der Waals surface area contributed by atoms with Gasteiger partial charge in [-0.2, -0.15) is 0 Å². The minimum Gasteiger partial charge on any atom is -0.459 e. The third-order valence-corrected chi connectivity index (χ3v) is 4.81. The fourth-order valence-corrected chi connectivity index (χ4v) is 3.51. The van der Waals surface area contributed by atoms with Gasteiger partial charge in [0.05, 0.1) is 12.7 Å². The van der Waals surface area contributed by atoms with Crippen LogP contribution < -0.4 is 0 Å². The quantitative estimate of drug-likeness (QED) is 0.431. The first-order valence-electron chi connectivity index (χ1n) is 8.61. The molecule has 1 fully saturated rings. The lowest BCUT2D eigenvalue weighted by Crippen LogP contribution is -2.22. The molecule has 0 amide bonds. The van der Waals surface area contributed by atoms with E-state index in [2.05, 4.69) is 12.1 Å². The molecule has 1 aliphatic rings. The van der Waals surface area contributed by atoms with Gasteiger partial charge in [0.15, 0.2) is 0 Å². The molecule has 1 aromatic carbocycles. The summed E-state index contributed by atoms with van der Waals surface area (Å²) in [6.07, 6.45) is 5.92. The van der Waals surface area contributed by atoms with Crippen molar-refractivity contribution in [1.82, 2.24) is 0 Å². The van der Waals surface area contributed by atoms with Gasteiger partial charge in [-0.25, -0.2) is 4.79 Å². The predicted octanol–water partition coefficient (Wildman–Crippen LogP) is 4.71. The molecule has 1 unspecified atom stereocenters. The third kappa shape index (κ3) is 4.26. The summed E-state index contributed by atoms with van der Waals surface area (Å²) in [5, 5.41) is 10.7. The Balaban J connectivity index is 1.69. The first kappa shape index (κ1) is 17.2. The lowest BCUT2D eigenvalue weighted by atomic mass is 9.77. The number of furan rings is 1. The minimum atomic E-state index is -0.675. The van der Waals surface area contributed by atoms with Crippen molar-refractivity contribution in [1.29, 1.82) is 0 Å². The molecule has 2 aromatic rings. The number of hydrogen-bond donors (Lipinski definition) is 0. The van der Waals surface area contributed by atoms with E-state index in [9.17, 15) is 14.9 Å². The topological polar surface area (TPSA) is 82.6 Å². The predicted molar refractivity (Wildman–Crippen MR) is 91.4 cm³/mol. The summed E-state index contributed by atoms with van der Waals surface area (Å²) < 4.78 is 10.4. The second-order valence-electron chi connectivity index (χ2n) is 6.41. The Morgan fingerprint density at radius 1 is 1.16 bits per heavy atom. The average Bonchev–Trinajstić information content (AvgIpc) is 3.14. The van der Waals surface area contributed by atoms with Crippen LogP contribution in [0.3, 0.4) is 0 Å². The summed E-state index contributed by atoms with van der Waals surface area (Å²) in [4.78, 5) is 22.1. The van der Waals surface area contributed by atoms with Crippen molar-refractivity contribution in [3.05, 3.63) is 63.9 Å². The normalized spacial score (nSPS) is 16.3. The molecule has 0 aliphatic heterocycles. The van der Waals surface area contributed by atoms with Crippen LogP contribution in [0.5, 0.6) is 0 Å². The molecule has 1 saturated carbocycles. The second-order valence-corrected chi connectivity index (χ2v) is 6.41. The largest absolute Gasteiger partial charge is 0.459 e. The fourth-order valence-electron chi connectivity index (χ4n) is 3.51. The minimum absolute atomic E-state index is 0.135. The number of carbonyl (C=O) groups excluding carboxylic acids is 1. The van der Waals surface area contributed by atoms with Crippen molar-refractivity contribution in [2.75, 3.05) is 6.61 Å². The second kappa shape index (κ2) is 7.96. The Morgan fingerprint density at radius 2 is 1.88 bits per heavy atom. The van der Waals surface area contributed by atoms with E-state index in [0.29, 0.717) is 5.92 Å². The molecule has 0 saturated heterocycles. The van der Waals surface area contributed by atoms with E-state index < -0.39 is 16.8 Å². The Bertz CT molecular complexity index is 718. The molecule has 0 spiro atoms. The van der Waals surface area contributed by atoms with E-state index in [4.69, 9.17) is 9.15 Å². The summed E-state index contributed by atoms with van der Waals surface area (Å²) in [5.74, 6) is -0.642. The Morgan fingerprint density at radius 3 is 2.52 bits per heavy atom. The van der Waals surface area contributed by atoms with Crippen LogP contribution in [0.25, 0.3) is 0 Å². The number of ether oxygens (including phenoxy) is 1. The molecule has 0 bridgehead atoms. The maximum atomic E-state index is 12.2. The van der Waals surface area contributed by atoms with E-state index in [1.807, 2.05) is 18.2 Å². The van der Waals surface area contributed by atoms with Crippen molar-refractivity contribution in [3.63, 3.8) is 0 Å². The van der Waals surface area contributed by atoms with Gasteiger partial charge < -0.3 is 9.15 Å². The zero-order valence-corrected chi connectivity index (χ0v) is 13.9. The molecule has 132 valence electrons. The highest BCUT2D eigenvalue weighted by Gasteiger charge is 2.27. The number of nitrogens with zero attached hydrogens (tertiary/aromatic N) is 1. The first-order valence-corrected chi connectivity index (χ1v) is 8.61. The van der Waals surface area contributed by atoms with Crippen molar-refractivity contribution < 1.29 is 18.9 Å². The SMILES string of the molecule is O=C(OCC(c1ccccc1)C1CCCCC1)c1ccc([N+](=O)[O-])o1. The van der Waals surface area contributed by atoms with E-state index in [1.165, 1.54) is 25.3 Å². The van der Waals surface area contributed by atoms with Gasteiger partial charge in [-0.1, -0.05) is 49.6 Å². The van der Waals surface area contributed by atoms with Crippen LogP contribution in [0.2, 0.25) is 0 Å². The van der Waals surface area contributed by atoms with Crippen LogP contribution in [-0.4, -0.2) is 17.5 Å². The summed E-state index contributed by atoms with van der Waals surface area (Å²) in [6.45, 7) is 0.252. The molecular formula is C19H21NO5. The standard InChI is InChI=1S/C19H21NO5/c21-19(17-11-12-18(25-17)20(22)23)24-13-16(14-7-3-1-4-8-14)15-9-5-2-6-10-15/h1,3-4,7-8,11-12,15-16H,2,5-6,9-10,13H2. The van der Waals surface area contributed by atoms with Gasteiger partial charge in [-0.3, -0.25) is 10.1 Å². The summed E-state index contributed by atoms with van der Waals surface area (Å²) in [5.41, 5.74) is 1.16. The molecule has 6 heteroatoms. The first-order chi connectivity index (χ1) is 12.1. The van der Waals surface area contributed by atoms with Gasteiger partial charge in [0, 0.05) is 5.92 Å². The van der Waals surface area contributed by atoms with Gasteiger partial charge in [-0.05, 0) is 30.4 Å². The average molecular weight is 343 g/mol. The van der Waals surface area contributed by atoms with Crippen LogP contribution in [0.1, 0.15) is 54.1 Å². The molecular weight excluding hydrogens is 322 g/mol. The smallest absolute Gasteiger partial charge is 0.433 e.